The molecule has 118 valence electrons. The summed E-state index contributed by atoms with van der Waals surface area (Å²) in [4.78, 5) is 8.43. The number of hydrogen-bond acceptors (Lipinski definition) is 4. The van der Waals surface area contributed by atoms with Gasteiger partial charge in [-0.1, -0.05) is 23.7 Å². The minimum absolute atomic E-state index is 0.683. The van der Waals surface area contributed by atoms with E-state index in [0.29, 0.717) is 11.6 Å². The van der Waals surface area contributed by atoms with E-state index in [1.54, 1.807) is 18.6 Å². The molecule has 0 radical (unpaired) electrons. The zero-order valence-corrected chi connectivity index (χ0v) is 13.5. The van der Waals surface area contributed by atoms with Crippen LogP contribution in [0.1, 0.15) is 5.56 Å². The zero-order valence-electron chi connectivity index (χ0n) is 12.7. The normalized spacial score (nSPS) is 10.9. The molecule has 0 spiro atoms. The average Bonchev–Trinajstić information content (AvgIpc) is 3.04. The number of rotatable bonds is 4. The van der Waals surface area contributed by atoms with Crippen molar-refractivity contribution in [3.8, 4) is 11.3 Å². The highest BCUT2D eigenvalue weighted by atomic mass is 35.5. The van der Waals surface area contributed by atoms with E-state index in [2.05, 4.69) is 20.4 Å². The van der Waals surface area contributed by atoms with Crippen LogP contribution >= 0.6 is 11.6 Å². The molecule has 3 aromatic heterocycles. The van der Waals surface area contributed by atoms with Crippen LogP contribution in [0.15, 0.2) is 67.1 Å². The van der Waals surface area contributed by atoms with Crippen LogP contribution in [0, 0.1) is 0 Å². The Morgan fingerprint density at radius 2 is 1.92 bits per heavy atom. The van der Waals surface area contributed by atoms with Gasteiger partial charge in [0, 0.05) is 29.5 Å². The maximum atomic E-state index is 6.09. The number of nitrogens with zero attached hydrogens (tertiary/aromatic N) is 4. The summed E-state index contributed by atoms with van der Waals surface area (Å²) in [7, 11) is 0. The summed E-state index contributed by atoms with van der Waals surface area (Å²) < 4.78 is 1.82. The maximum Gasteiger partial charge on any atom is 0.154 e. The number of benzene rings is 1. The minimum Gasteiger partial charge on any atom is -0.365 e. The second-order valence-electron chi connectivity index (χ2n) is 5.35. The van der Waals surface area contributed by atoms with Gasteiger partial charge in [0.05, 0.1) is 11.9 Å². The monoisotopic (exact) mass is 335 g/mol. The van der Waals surface area contributed by atoms with Crippen molar-refractivity contribution in [2.75, 3.05) is 5.32 Å². The van der Waals surface area contributed by atoms with Gasteiger partial charge >= 0.3 is 0 Å². The molecular weight excluding hydrogens is 322 g/mol. The van der Waals surface area contributed by atoms with Gasteiger partial charge in [-0.25, -0.2) is 9.50 Å². The molecule has 5 nitrogen and oxygen atoms in total. The number of anilines is 1. The molecule has 0 aliphatic heterocycles. The molecule has 1 aromatic carbocycles. The van der Waals surface area contributed by atoms with E-state index < -0.39 is 0 Å². The van der Waals surface area contributed by atoms with E-state index in [1.165, 1.54) is 0 Å². The largest absolute Gasteiger partial charge is 0.365 e. The summed E-state index contributed by atoms with van der Waals surface area (Å²) in [5, 5.41) is 8.65. The summed E-state index contributed by atoms with van der Waals surface area (Å²) in [6, 6.07) is 15.5. The van der Waals surface area contributed by atoms with Crippen molar-refractivity contribution >= 4 is 23.1 Å². The average molecular weight is 336 g/mol. The predicted octanol–water partition coefficient (Wildman–Crippen LogP) is 4.06. The first-order valence-electron chi connectivity index (χ1n) is 7.53. The van der Waals surface area contributed by atoms with Crippen molar-refractivity contribution in [3.05, 3.63) is 77.7 Å². The van der Waals surface area contributed by atoms with Gasteiger partial charge in [-0.05, 0) is 42.0 Å². The van der Waals surface area contributed by atoms with E-state index in [-0.39, 0.29) is 0 Å². The highest BCUT2D eigenvalue weighted by Crippen LogP contribution is 2.23. The number of imidazole rings is 1. The van der Waals surface area contributed by atoms with Crippen molar-refractivity contribution in [2.45, 2.75) is 6.54 Å². The van der Waals surface area contributed by atoms with Crippen LogP contribution in [0.25, 0.3) is 16.9 Å². The van der Waals surface area contributed by atoms with Crippen LogP contribution in [0.5, 0.6) is 0 Å². The van der Waals surface area contributed by atoms with Gasteiger partial charge in [0.2, 0.25) is 0 Å². The number of halogens is 1. The number of pyridine rings is 1. The van der Waals surface area contributed by atoms with Crippen LogP contribution < -0.4 is 5.32 Å². The number of nitrogens with one attached hydrogen (secondary N) is 1. The lowest BCUT2D eigenvalue weighted by molar-refractivity contribution is 0.930. The third-order valence-corrected chi connectivity index (χ3v) is 3.94. The summed E-state index contributed by atoms with van der Waals surface area (Å²) >= 11 is 6.09. The van der Waals surface area contributed by atoms with Gasteiger partial charge in [0.1, 0.15) is 5.82 Å². The first kappa shape index (κ1) is 14.7. The molecule has 6 heteroatoms. The summed E-state index contributed by atoms with van der Waals surface area (Å²) in [5.74, 6) is 0.778. The molecule has 0 aliphatic rings. The first-order chi connectivity index (χ1) is 11.8. The molecule has 0 fully saturated rings. The summed E-state index contributed by atoms with van der Waals surface area (Å²) in [5.41, 5.74) is 3.82. The third kappa shape index (κ3) is 2.94. The molecule has 0 bridgehead atoms. The fourth-order valence-corrected chi connectivity index (χ4v) is 2.70. The van der Waals surface area contributed by atoms with Crippen LogP contribution in [-0.2, 0) is 6.54 Å². The van der Waals surface area contributed by atoms with Crippen LogP contribution in [-0.4, -0.2) is 19.6 Å². The van der Waals surface area contributed by atoms with E-state index in [1.807, 2.05) is 53.0 Å². The van der Waals surface area contributed by atoms with Gasteiger partial charge in [-0.15, -0.1) is 5.10 Å². The molecule has 4 rings (SSSR count). The van der Waals surface area contributed by atoms with Gasteiger partial charge in [0.15, 0.2) is 5.65 Å². The lowest BCUT2D eigenvalue weighted by Crippen LogP contribution is -2.04. The highest BCUT2D eigenvalue weighted by molar-refractivity contribution is 6.30. The standard InChI is InChI=1S/C18H14ClN5/c19-15-3-1-2-14(10-15)16-12-22-18-5-4-17(23-24(16)18)21-11-13-6-8-20-9-7-13/h1-10,12H,11H2,(H,21,23). The second-order valence-corrected chi connectivity index (χ2v) is 5.79. The Hall–Kier alpha value is -2.92. The van der Waals surface area contributed by atoms with Crippen LogP contribution in [0.3, 0.4) is 0 Å². The predicted molar refractivity (Wildman–Crippen MR) is 95.0 cm³/mol. The smallest absolute Gasteiger partial charge is 0.154 e. The number of fused-ring (bicyclic) bond motifs is 1. The molecule has 0 amide bonds. The van der Waals surface area contributed by atoms with Gasteiger partial charge in [0.25, 0.3) is 0 Å². The molecule has 0 atom stereocenters. The molecule has 24 heavy (non-hydrogen) atoms. The topological polar surface area (TPSA) is 55.1 Å². The van der Waals surface area contributed by atoms with Crippen molar-refractivity contribution < 1.29 is 0 Å². The lowest BCUT2D eigenvalue weighted by Gasteiger charge is -2.07. The molecule has 0 unspecified atom stereocenters. The van der Waals surface area contributed by atoms with Crippen LogP contribution in [0.4, 0.5) is 5.82 Å². The molecule has 0 saturated carbocycles. The molecule has 3 heterocycles. The first-order valence-corrected chi connectivity index (χ1v) is 7.91. The molecule has 1 N–H and O–H groups in total. The Labute approximate surface area is 144 Å². The Morgan fingerprint density at radius 1 is 1.04 bits per heavy atom. The van der Waals surface area contributed by atoms with Crippen molar-refractivity contribution in [1.29, 1.82) is 0 Å². The van der Waals surface area contributed by atoms with Crippen molar-refractivity contribution in [3.63, 3.8) is 0 Å². The Bertz CT molecular complexity index is 981. The number of hydrogen-bond donors (Lipinski definition) is 1. The summed E-state index contributed by atoms with van der Waals surface area (Å²) in [6.45, 7) is 0.683. The zero-order chi connectivity index (χ0) is 16.4. The van der Waals surface area contributed by atoms with E-state index >= 15 is 0 Å². The lowest BCUT2D eigenvalue weighted by atomic mass is 10.2. The number of aromatic nitrogens is 4. The minimum atomic E-state index is 0.683. The quantitative estimate of drug-likeness (QED) is 0.611. The van der Waals surface area contributed by atoms with Crippen LogP contribution in [0.2, 0.25) is 5.02 Å². The van der Waals surface area contributed by atoms with Crippen molar-refractivity contribution in [2.24, 2.45) is 0 Å². The fraction of sp³-hybridized carbons (Fsp3) is 0.0556. The fourth-order valence-electron chi connectivity index (χ4n) is 2.51. The third-order valence-electron chi connectivity index (χ3n) is 3.71. The van der Waals surface area contributed by atoms with Gasteiger partial charge in [-0.2, -0.15) is 0 Å². The molecular formula is C18H14ClN5. The van der Waals surface area contributed by atoms with Gasteiger partial charge < -0.3 is 5.32 Å². The van der Waals surface area contributed by atoms with E-state index in [4.69, 9.17) is 11.6 Å². The van der Waals surface area contributed by atoms with Gasteiger partial charge in [-0.3, -0.25) is 4.98 Å². The second kappa shape index (κ2) is 6.29. The van der Waals surface area contributed by atoms with E-state index in [9.17, 15) is 0 Å². The van der Waals surface area contributed by atoms with Crippen molar-refractivity contribution in [1.82, 2.24) is 19.6 Å². The Balaban J connectivity index is 1.66. The maximum absolute atomic E-state index is 6.09. The Kier molecular flexibility index (Phi) is 3.84. The molecule has 4 aromatic rings. The molecule has 0 aliphatic carbocycles. The highest BCUT2D eigenvalue weighted by Gasteiger charge is 2.08. The molecule has 0 saturated heterocycles. The van der Waals surface area contributed by atoms with E-state index in [0.717, 1.165) is 28.3 Å². The Morgan fingerprint density at radius 3 is 2.75 bits per heavy atom. The summed E-state index contributed by atoms with van der Waals surface area (Å²) in [6.07, 6.45) is 5.36. The SMILES string of the molecule is Clc1cccc(-c2cnc3ccc(NCc4ccncc4)nn23)c1.